The van der Waals surface area contributed by atoms with E-state index in [-0.39, 0.29) is 0 Å². The van der Waals surface area contributed by atoms with E-state index >= 15 is 0 Å². The van der Waals surface area contributed by atoms with E-state index in [9.17, 15) is 10.1 Å². The number of hydrogen-bond donors (Lipinski definition) is 0. The Bertz CT molecular complexity index is 712. The number of ether oxygens (including phenoxy) is 5. The molecule has 3 fully saturated rings. The van der Waals surface area contributed by atoms with Crippen LogP contribution in [-0.2, 0) is 23.7 Å². The minimum atomic E-state index is -1.59. The molecule has 26 heavy (non-hydrogen) atoms. The molecule has 3 saturated heterocycles. The number of hydrogen-bond acceptors (Lipinski definition) is 8. The van der Waals surface area contributed by atoms with Gasteiger partial charge in [-0.25, -0.2) is 0 Å². The first-order valence-corrected chi connectivity index (χ1v) is 9.19. The predicted octanol–water partition coefficient (Wildman–Crippen LogP) is 2.31. The van der Waals surface area contributed by atoms with Crippen LogP contribution in [0.3, 0.4) is 0 Å². The fraction of sp³-hybridized carbons (Fsp3) is 0.647. The zero-order valence-electron chi connectivity index (χ0n) is 14.9. The highest BCUT2D eigenvalue weighted by Gasteiger charge is 2.77. The van der Waals surface area contributed by atoms with Crippen molar-refractivity contribution in [2.75, 3.05) is 7.11 Å². The Morgan fingerprint density at radius 2 is 1.77 bits per heavy atom. The van der Waals surface area contributed by atoms with E-state index in [4.69, 9.17) is 23.7 Å². The second kappa shape index (κ2) is 6.15. The summed E-state index contributed by atoms with van der Waals surface area (Å²) in [7, 11) is 1.51. The van der Waals surface area contributed by atoms with E-state index in [1.807, 2.05) is 31.2 Å². The van der Waals surface area contributed by atoms with Gasteiger partial charge in [-0.3, -0.25) is 14.9 Å². The van der Waals surface area contributed by atoms with E-state index in [0.717, 1.165) is 22.2 Å². The second-order valence-corrected chi connectivity index (χ2v) is 8.37. The Balaban J connectivity index is 1.56. The number of fused-ring (bicyclic) bond motifs is 1. The molecular formula is C17H21NO7S. The number of epoxide rings is 1. The fourth-order valence-corrected chi connectivity index (χ4v) is 4.58. The summed E-state index contributed by atoms with van der Waals surface area (Å²) in [4.78, 5) is 12.2. The molecule has 3 heterocycles. The number of methoxy groups -OCH3 is 1. The van der Waals surface area contributed by atoms with Crippen LogP contribution >= 0.6 is 11.8 Å². The van der Waals surface area contributed by atoms with Crippen molar-refractivity contribution in [1.29, 1.82) is 0 Å². The lowest BCUT2D eigenvalue weighted by atomic mass is 10.1. The van der Waals surface area contributed by atoms with Gasteiger partial charge in [0.1, 0.15) is 18.3 Å². The van der Waals surface area contributed by atoms with E-state index in [2.05, 4.69) is 0 Å². The van der Waals surface area contributed by atoms with Crippen molar-refractivity contribution in [3.05, 3.63) is 39.9 Å². The Morgan fingerprint density at radius 1 is 1.12 bits per heavy atom. The summed E-state index contributed by atoms with van der Waals surface area (Å²) < 4.78 is 28.5. The Labute approximate surface area is 155 Å². The molecule has 0 amide bonds. The molecule has 3 aliphatic rings. The van der Waals surface area contributed by atoms with Crippen LogP contribution in [0.15, 0.2) is 29.2 Å². The van der Waals surface area contributed by atoms with Crippen LogP contribution in [0.5, 0.6) is 0 Å². The highest BCUT2D eigenvalue weighted by atomic mass is 32.2. The third-order valence-electron chi connectivity index (χ3n) is 4.72. The van der Waals surface area contributed by atoms with Crippen molar-refractivity contribution in [3.8, 4) is 0 Å². The van der Waals surface area contributed by atoms with Crippen molar-refractivity contribution >= 4 is 11.8 Å². The smallest absolute Gasteiger partial charge is 0.353 e. The lowest BCUT2D eigenvalue weighted by molar-refractivity contribution is -0.532. The molecule has 6 atom stereocenters. The molecule has 0 bridgehead atoms. The molecule has 0 unspecified atom stereocenters. The second-order valence-electron chi connectivity index (χ2n) is 7.11. The third kappa shape index (κ3) is 2.92. The summed E-state index contributed by atoms with van der Waals surface area (Å²) in [6.45, 7) is 5.56. The first-order chi connectivity index (χ1) is 12.3. The molecule has 0 saturated carbocycles. The molecule has 8 nitrogen and oxygen atoms in total. The molecule has 1 aromatic carbocycles. The summed E-state index contributed by atoms with van der Waals surface area (Å²) in [6, 6.07) is 7.51. The zero-order chi connectivity index (χ0) is 18.7. The highest BCUT2D eigenvalue weighted by molar-refractivity contribution is 8.00. The van der Waals surface area contributed by atoms with Crippen LogP contribution in [0.25, 0.3) is 0 Å². The van der Waals surface area contributed by atoms with Gasteiger partial charge in [-0.15, -0.1) is 0 Å². The Hall–Kier alpha value is -1.23. The molecule has 1 aromatic rings. The largest absolute Gasteiger partial charge is 0.408 e. The van der Waals surface area contributed by atoms with E-state index < -0.39 is 46.5 Å². The molecule has 0 spiro atoms. The van der Waals surface area contributed by atoms with Gasteiger partial charge in [-0.1, -0.05) is 17.7 Å². The van der Waals surface area contributed by atoms with Crippen molar-refractivity contribution in [2.45, 2.75) is 67.2 Å². The van der Waals surface area contributed by atoms with Crippen molar-refractivity contribution in [3.63, 3.8) is 0 Å². The van der Waals surface area contributed by atoms with Gasteiger partial charge < -0.3 is 18.9 Å². The number of rotatable bonds is 5. The van der Waals surface area contributed by atoms with E-state index in [1.54, 1.807) is 13.8 Å². The summed E-state index contributed by atoms with van der Waals surface area (Å²) in [5.41, 5.74) is 1.08. The van der Waals surface area contributed by atoms with Crippen molar-refractivity contribution in [1.82, 2.24) is 0 Å². The topological polar surface area (TPSA) is 92.6 Å². The summed E-state index contributed by atoms with van der Waals surface area (Å²) >= 11 is 1.07. The molecule has 0 aliphatic carbocycles. The summed E-state index contributed by atoms with van der Waals surface area (Å²) in [5, 5.41) is 10.2. The maximum absolute atomic E-state index is 11.8. The normalized spacial score (nSPS) is 40.4. The van der Waals surface area contributed by atoms with Gasteiger partial charge in [0.15, 0.2) is 12.1 Å². The summed E-state index contributed by atoms with van der Waals surface area (Å²) in [5.74, 6) is -0.801. The standard InChI is InChI=1S/C17H21NO7S/c1-9-5-7-10(8-6-9)26-17(18(19)20)14(25-17)12-11-13(15(21-4)22-12)24-16(2,3)23-11/h5-8,11-15H,1-4H3/t11-,12+,13-,14+,15-,17+/m1/s1. The molecule has 4 rings (SSSR count). The van der Waals surface area contributed by atoms with Crippen LogP contribution in [0.1, 0.15) is 19.4 Å². The molecule has 0 aromatic heterocycles. The van der Waals surface area contributed by atoms with E-state index in [1.165, 1.54) is 7.11 Å². The van der Waals surface area contributed by atoms with Crippen LogP contribution < -0.4 is 0 Å². The third-order valence-corrected chi connectivity index (χ3v) is 5.99. The average Bonchev–Trinajstić information content (AvgIpc) is 3.08. The number of aryl methyl sites for hydroxylation is 1. The van der Waals surface area contributed by atoms with Crippen molar-refractivity contribution in [2.24, 2.45) is 0 Å². The van der Waals surface area contributed by atoms with Crippen LogP contribution in [0.4, 0.5) is 0 Å². The SMILES string of the molecule is CO[C@@H]1O[C@H]([C@@H]2O[C@@]2(Sc2ccc(C)cc2)[N+](=O)[O-])[C@H]2OC(C)(C)O[C@@H]12. The maximum atomic E-state index is 11.8. The minimum Gasteiger partial charge on any atom is -0.353 e. The number of thioether (sulfide) groups is 1. The first-order valence-electron chi connectivity index (χ1n) is 8.38. The van der Waals surface area contributed by atoms with Crippen LogP contribution in [-0.4, -0.2) is 53.6 Å². The van der Waals surface area contributed by atoms with Gasteiger partial charge in [0.2, 0.25) is 6.10 Å². The van der Waals surface area contributed by atoms with Crippen LogP contribution in [0, 0.1) is 17.0 Å². The number of nitro groups is 1. The van der Waals surface area contributed by atoms with Gasteiger partial charge in [-0.2, -0.15) is 0 Å². The lowest BCUT2D eigenvalue weighted by Crippen LogP contribution is -2.38. The summed E-state index contributed by atoms with van der Waals surface area (Å²) in [6.07, 6.45) is -2.98. The number of nitrogens with zero attached hydrogens (tertiary/aromatic N) is 1. The lowest BCUT2D eigenvalue weighted by Gasteiger charge is -2.22. The molecule has 0 radical (unpaired) electrons. The highest BCUT2D eigenvalue weighted by Crippen LogP contribution is 2.55. The monoisotopic (exact) mass is 383 g/mol. The van der Waals surface area contributed by atoms with Crippen LogP contribution in [0.2, 0.25) is 0 Å². The number of benzene rings is 1. The average molecular weight is 383 g/mol. The van der Waals surface area contributed by atoms with Gasteiger partial charge >= 0.3 is 5.06 Å². The zero-order valence-corrected chi connectivity index (χ0v) is 15.7. The Kier molecular flexibility index (Phi) is 4.29. The molecular weight excluding hydrogens is 362 g/mol. The predicted molar refractivity (Wildman–Crippen MR) is 91.1 cm³/mol. The van der Waals surface area contributed by atoms with Gasteiger partial charge in [0.05, 0.1) is 4.92 Å². The molecule has 3 aliphatic heterocycles. The maximum Gasteiger partial charge on any atom is 0.408 e. The van der Waals surface area contributed by atoms with Crippen molar-refractivity contribution < 1.29 is 28.6 Å². The molecule has 142 valence electrons. The fourth-order valence-electron chi connectivity index (χ4n) is 3.49. The Morgan fingerprint density at radius 3 is 2.38 bits per heavy atom. The molecule has 0 N–H and O–H groups in total. The van der Waals surface area contributed by atoms with Gasteiger partial charge in [-0.05, 0) is 44.7 Å². The quantitative estimate of drug-likeness (QED) is 0.331. The minimum absolute atomic E-state index is 0.401. The van der Waals surface area contributed by atoms with Gasteiger partial charge in [0, 0.05) is 12.0 Å². The van der Waals surface area contributed by atoms with Gasteiger partial charge in [0.25, 0.3) is 0 Å². The molecule has 9 heteroatoms. The van der Waals surface area contributed by atoms with E-state index in [0.29, 0.717) is 0 Å². The first kappa shape index (κ1) is 18.1.